The van der Waals surface area contributed by atoms with Gasteiger partial charge in [0, 0.05) is 0 Å². The maximum Gasteiger partial charge on any atom is 2.00 e. The van der Waals surface area contributed by atoms with Gasteiger partial charge in [-0.15, -0.1) is 0 Å². The second kappa shape index (κ2) is 18.4. The fourth-order valence-electron chi connectivity index (χ4n) is 6.51. The predicted octanol–water partition coefficient (Wildman–Crippen LogP) is 7.54. The van der Waals surface area contributed by atoms with Crippen molar-refractivity contribution in [2.45, 2.75) is 128 Å². The van der Waals surface area contributed by atoms with Crippen molar-refractivity contribution in [1.29, 1.82) is 0 Å². The molecule has 2 fully saturated rings. The van der Waals surface area contributed by atoms with Crippen molar-refractivity contribution in [1.82, 2.24) is 0 Å². The van der Waals surface area contributed by atoms with E-state index in [0.717, 1.165) is 69.6 Å². The molecule has 248 valence electrons. The van der Waals surface area contributed by atoms with E-state index in [1.165, 1.54) is 18.2 Å². The van der Waals surface area contributed by atoms with Crippen molar-refractivity contribution < 1.29 is 30.0 Å². The number of aliphatic carboxylic acids is 1. The molecule has 2 aliphatic rings. The molecule has 0 unspecified atom stereocenters. The van der Waals surface area contributed by atoms with Gasteiger partial charge in [0.25, 0.3) is 0 Å². The van der Waals surface area contributed by atoms with Gasteiger partial charge in [0.15, 0.2) is 0 Å². The molecular formula is C38H58BaO6. The van der Waals surface area contributed by atoms with Crippen LogP contribution < -0.4 is 5.11 Å². The van der Waals surface area contributed by atoms with Crippen molar-refractivity contribution in [3.63, 3.8) is 0 Å². The number of carboxylic acids is 1. The summed E-state index contributed by atoms with van der Waals surface area (Å²) in [5, 5.41) is 18.1. The molecule has 0 bridgehead atoms. The van der Waals surface area contributed by atoms with Crippen LogP contribution in [-0.4, -0.2) is 85.6 Å². The Morgan fingerprint density at radius 1 is 0.733 bits per heavy atom. The van der Waals surface area contributed by atoms with Crippen LogP contribution in [0, 0.1) is 11.8 Å². The third-order valence-electron chi connectivity index (χ3n) is 9.80. The monoisotopic (exact) mass is 748 g/mol. The fraction of sp³-hybridized carbons (Fsp3) is 0.632. The van der Waals surface area contributed by atoms with E-state index in [2.05, 4.69) is 91.8 Å². The largest absolute Gasteiger partial charge is 2.00 e. The Balaban J connectivity index is 0.000000783. The number of carbonyl (C=O) groups excluding carboxylic acids is 1. The van der Waals surface area contributed by atoms with Crippen LogP contribution in [0.5, 0.6) is 0 Å². The van der Waals surface area contributed by atoms with E-state index in [-0.39, 0.29) is 71.2 Å². The smallest absolute Gasteiger partial charge is 0.870 e. The van der Waals surface area contributed by atoms with Crippen LogP contribution in [0.1, 0.15) is 129 Å². The van der Waals surface area contributed by atoms with Crippen LogP contribution in [0.4, 0.5) is 0 Å². The molecule has 0 aliphatic heterocycles. The first-order chi connectivity index (χ1) is 20.0. The molecule has 0 saturated heterocycles. The molecule has 4 rings (SSSR count). The normalized spacial score (nSPS) is 24.6. The van der Waals surface area contributed by atoms with E-state index in [1.54, 1.807) is 0 Å². The van der Waals surface area contributed by atoms with Gasteiger partial charge in [-0.1, -0.05) is 104 Å². The zero-order valence-electron chi connectivity index (χ0n) is 29.7. The molecule has 2 aromatic carbocycles. The molecule has 2 saturated carbocycles. The maximum atomic E-state index is 12.5. The molecule has 0 amide bonds. The zero-order chi connectivity index (χ0) is 32.6. The summed E-state index contributed by atoms with van der Waals surface area (Å²) in [6, 6.07) is 16.8. The average Bonchev–Trinajstić information content (AvgIpc) is 2.98. The number of carbonyl (C=O) groups is 2. The molecule has 0 spiro atoms. The van der Waals surface area contributed by atoms with Gasteiger partial charge in [0.05, 0.1) is 17.9 Å². The summed E-state index contributed by atoms with van der Waals surface area (Å²) < 4.78 is 5.17. The second-order valence-corrected chi connectivity index (χ2v) is 15.0. The third kappa shape index (κ3) is 11.0. The Morgan fingerprint density at radius 2 is 1.07 bits per heavy atom. The van der Waals surface area contributed by atoms with Crippen LogP contribution in [0.15, 0.2) is 48.5 Å². The summed E-state index contributed by atoms with van der Waals surface area (Å²) >= 11 is 0. The quantitative estimate of drug-likeness (QED) is 0.255. The number of rotatable bonds is 4. The van der Waals surface area contributed by atoms with E-state index in [1.807, 2.05) is 12.1 Å². The van der Waals surface area contributed by atoms with Crippen LogP contribution in [0.3, 0.4) is 0 Å². The third-order valence-corrected chi connectivity index (χ3v) is 9.80. The number of hydrogen-bond acceptors (Lipinski definition) is 5. The first-order valence-electron chi connectivity index (χ1n) is 16.0. The van der Waals surface area contributed by atoms with Crippen LogP contribution in [0.2, 0.25) is 0 Å². The molecule has 7 heteroatoms. The summed E-state index contributed by atoms with van der Waals surface area (Å²) in [7, 11) is 2.26. The van der Waals surface area contributed by atoms with Gasteiger partial charge >= 0.3 is 60.8 Å². The van der Waals surface area contributed by atoms with Gasteiger partial charge in [0.1, 0.15) is 0 Å². The zero-order valence-corrected chi connectivity index (χ0v) is 34.1. The molecule has 6 nitrogen and oxygen atoms in total. The van der Waals surface area contributed by atoms with E-state index in [0.29, 0.717) is 11.8 Å². The first-order valence-corrected chi connectivity index (χ1v) is 16.0. The van der Waals surface area contributed by atoms with E-state index in [4.69, 9.17) is 9.84 Å². The Labute approximate surface area is 313 Å². The van der Waals surface area contributed by atoms with E-state index >= 15 is 0 Å². The van der Waals surface area contributed by atoms with Crippen molar-refractivity contribution in [3.05, 3.63) is 70.8 Å². The van der Waals surface area contributed by atoms with Crippen molar-refractivity contribution in [2.75, 3.05) is 14.2 Å². The Hall–Kier alpha value is -1.13. The minimum Gasteiger partial charge on any atom is -0.870 e. The van der Waals surface area contributed by atoms with Gasteiger partial charge < -0.3 is 20.4 Å². The predicted molar refractivity (Wildman–Crippen MR) is 182 cm³/mol. The average molecular weight is 748 g/mol. The maximum absolute atomic E-state index is 12.5. The number of methoxy groups -OCH3 is 1. The van der Waals surface area contributed by atoms with Crippen molar-refractivity contribution >= 4 is 60.8 Å². The molecule has 0 heterocycles. The van der Waals surface area contributed by atoms with Crippen LogP contribution in [0.25, 0.3) is 0 Å². The number of esters is 1. The van der Waals surface area contributed by atoms with Gasteiger partial charge in [-0.25, -0.2) is 0 Å². The van der Waals surface area contributed by atoms with Gasteiger partial charge in [-0.3, -0.25) is 9.59 Å². The standard InChI is InChI=1S/C19H28O2.C18H26O2.CH3O.Ba.H2O/c1-14-9-11-19(12-10-14,17(20)21-5)16-8-6-7-15(13-16)18(2,3)4;1-13-8-10-18(11-9-13,16(19)20)15-7-5-6-14(12-15)17(2,3)4;1-2;;/h6-8,13-14H,9-12H2,1-5H3;5-7,12-13H,8-11H2,1-4H3,(H,19,20);1H3;;1H2/q;;-1;+2;/p-1. The minimum atomic E-state index is -0.673. The summed E-state index contributed by atoms with van der Waals surface area (Å²) in [5.74, 6) is 0.623. The molecule has 2 aromatic rings. The summed E-state index contributed by atoms with van der Waals surface area (Å²) in [5.41, 5.74) is 3.65. The number of ether oxygens (including phenoxy) is 1. The van der Waals surface area contributed by atoms with Gasteiger partial charge in [-0.05, 0) is 96.3 Å². The number of hydrogen-bond donors (Lipinski definition) is 1. The summed E-state index contributed by atoms with van der Waals surface area (Å²) in [6.45, 7) is 17.6. The fourth-order valence-corrected chi connectivity index (χ4v) is 6.51. The van der Waals surface area contributed by atoms with Gasteiger partial charge in [-0.2, -0.15) is 7.11 Å². The molecule has 45 heavy (non-hydrogen) atoms. The molecule has 0 radical (unpaired) electrons. The Kier molecular flexibility index (Phi) is 18.0. The van der Waals surface area contributed by atoms with E-state index in [9.17, 15) is 14.7 Å². The SMILES string of the molecule is CC1CCC(C(=O)O)(c2cccc(C(C)(C)C)c2)CC1.COC(=O)C1(c2cccc(C(C)(C)C)c2)CCC(C)CC1.C[O-].[Ba+2].[OH-]. The molecule has 0 aromatic heterocycles. The van der Waals surface area contributed by atoms with Crippen molar-refractivity contribution in [2.24, 2.45) is 11.8 Å². The Morgan fingerprint density at radius 3 is 1.38 bits per heavy atom. The minimum absolute atomic E-state index is 0. The molecule has 2 N–H and O–H groups in total. The Bertz CT molecular complexity index is 1190. The van der Waals surface area contributed by atoms with Crippen LogP contribution >= 0.6 is 0 Å². The van der Waals surface area contributed by atoms with Gasteiger partial charge in [0.2, 0.25) is 0 Å². The molecular weight excluding hydrogens is 690 g/mol. The number of benzene rings is 2. The van der Waals surface area contributed by atoms with Crippen LogP contribution in [-0.2, 0) is 36.0 Å². The molecule has 0 atom stereocenters. The second-order valence-electron chi connectivity index (χ2n) is 15.0. The topological polar surface area (TPSA) is 117 Å². The van der Waals surface area contributed by atoms with Crippen molar-refractivity contribution in [3.8, 4) is 0 Å². The van der Waals surface area contributed by atoms with E-state index < -0.39 is 16.8 Å². The first kappa shape index (κ1) is 43.9. The number of carboxylic acid groups (broad SMARTS) is 1. The molecule has 2 aliphatic carbocycles. The summed E-state index contributed by atoms with van der Waals surface area (Å²) in [6.07, 6.45) is 7.51. The summed E-state index contributed by atoms with van der Waals surface area (Å²) in [4.78, 5) is 24.5.